The molecule has 1 rings (SSSR count). The first-order valence-corrected chi connectivity index (χ1v) is 4.14. The number of hydrogen-bond acceptors (Lipinski definition) is 1. The number of carbonyl (C=O) groups is 1. The minimum Gasteiger partial charge on any atom is -0.298 e. The van der Waals surface area contributed by atoms with Gasteiger partial charge in [0.05, 0.1) is 5.56 Å². The van der Waals surface area contributed by atoms with Crippen molar-refractivity contribution in [2.75, 3.05) is 0 Å². The van der Waals surface area contributed by atoms with Gasteiger partial charge in [-0.1, -0.05) is 0 Å². The van der Waals surface area contributed by atoms with Gasteiger partial charge in [-0.05, 0) is 47.2 Å². The number of rotatable bonds is 1. The van der Waals surface area contributed by atoms with Gasteiger partial charge in [0, 0.05) is 3.57 Å². The van der Waals surface area contributed by atoms with Gasteiger partial charge < -0.3 is 0 Å². The van der Waals surface area contributed by atoms with Crippen molar-refractivity contribution in [3.63, 3.8) is 0 Å². The van der Waals surface area contributed by atoms with Crippen molar-refractivity contribution >= 4 is 28.9 Å². The average Bonchev–Trinajstić information content (AvgIpc) is 1.97. The lowest BCUT2D eigenvalue weighted by Crippen LogP contribution is -1.91. The maximum absolute atomic E-state index is 12.8. The third kappa shape index (κ3) is 1.77. The molecule has 3 heteroatoms. The zero-order chi connectivity index (χ0) is 8.43. The standard InChI is InChI=1S/C8H6FIO/c1-5-2-6(4-11)7(9)3-8(5)10/h2-4H,1H3. The van der Waals surface area contributed by atoms with E-state index in [1.165, 1.54) is 6.07 Å². The Balaban J connectivity index is 3.31. The second kappa shape index (κ2) is 3.30. The maximum atomic E-state index is 12.8. The van der Waals surface area contributed by atoms with Crippen LogP contribution in [0.4, 0.5) is 4.39 Å². The second-order valence-corrected chi connectivity index (χ2v) is 3.40. The highest BCUT2D eigenvalue weighted by Gasteiger charge is 2.03. The highest BCUT2D eigenvalue weighted by Crippen LogP contribution is 2.15. The molecule has 0 aromatic heterocycles. The molecule has 0 spiro atoms. The fourth-order valence-corrected chi connectivity index (χ4v) is 1.20. The van der Waals surface area contributed by atoms with Gasteiger partial charge in [-0.3, -0.25) is 4.79 Å². The summed E-state index contributed by atoms with van der Waals surface area (Å²) in [6.07, 6.45) is 0.526. The van der Waals surface area contributed by atoms with E-state index in [0.717, 1.165) is 9.13 Å². The summed E-state index contributed by atoms with van der Waals surface area (Å²) in [4.78, 5) is 10.2. The molecule has 0 saturated heterocycles. The topological polar surface area (TPSA) is 17.1 Å². The molecule has 11 heavy (non-hydrogen) atoms. The van der Waals surface area contributed by atoms with Crippen LogP contribution < -0.4 is 0 Å². The molecular formula is C8H6FIO. The molecule has 0 aliphatic heterocycles. The molecule has 0 radical (unpaired) electrons. The molecule has 1 aromatic rings. The van der Waals surface area contributed by atoms with Gasteiger partial charge in [0.15, 0.2) is 6.29 Å². The second-order valence-electron chi connectivity index (χ2n) is 2.24. The first-order valence-electron chi connectivity index (χ1n) is 3.06. The zero-order valence-corrected chi connectivity index (χ0v) is 8.05. The summed E-state index contributed by atoms with van der Waals surface area (Å²) in [5.74, 6) is -0.449. The van der Waals surface area contributed by atoms with E-state index >= 15 is 0 Å². The zero-order valence-electron chi connectivity index (χ0n) is 5.90. The van der Waals surface area contributed by atoms with Crippen LogP contribution in [-0.2, 0) is 0 Å². The largest absolute Gasteiger partial charge is 0.298 e. The van der Waals surface area contributed by atoms with Crippen molar-refractivity contribution in [3.8, 4) is 0 Å². The summed E-state index contributed by atoms with van der Waals surface area (Å²) in [5.41, 5.74) is 1.05. The molecule has 0 heterocycles. The van der Waals surface area contributed by atoms with Crippen molar-refractivity contribution < 1.29 is 9.18 Å². The van der Waals surface area contributed by atoms with Crippen molar-refractivity contribution in [2.45, 2.75) is 6.92 Å². The van der Waals surface area contributed by atoms with Crippen LogP contribution in [0.5, 0.6) is 0 Å². The number of benzene rings is 1. The van der Waals surface area contributed by atoms with Crippen LogP contribution in [0, 0.1) is 16.3 Å². The lowest BCUT2D eigenvalue weighted by molar-refractivity contribution is 0.111. The lowest BCUT2D eigenvalue weighted by Gasteiger charge is -1.99. The smallest absolute Gasteiger partial charge is 0.153 e. The van der Waals surface area contributed by atoms with Gasteiger partial charge in [-0.25, -0.2) is 4.39 Å². The van der Waals surface area contributed by atoms with Crippen LogP contribution >= 0.6 is 22.6 Å². The highest BCUT2D eigenvalue weighted by atomic mass is 127. The normalized spacial score (nSPS) is 9.73. The van der Waals surface area contributed by atoms with Crippen molar-refractivity contribution in [1.29, 1.82) is 0 Å². The van der Waals surface area contributed by atoms with Crippen LogP contribution in [0.1, 0.15) is 15.9 Å². The Bertz CT molecular complexity index is 296. The molecule has 0 fully saturated rings. The fraction of sp³-hybridized carbons (Fsp3) is 0.125. The predicted octanol–water partition coefficient (Wildman–Crippen LogP) is 2.55. The van der Waals surface area contributed by atoms with Gasteiger partial charge in [0.1, 0.15) is 5.82 Å². The van der Waals surface area contributed by atoms with Crippen molar-refractivity contribution in [3.05, 3.63) is 32.6 Å². The molecule has 58 valence electrons. The third-order valence-electron chi connectivity index (χ3n) is 1.40. The van der Waals surface area contributed by atoms with Crippen LogP contribution in [0.2, 0.25) is 0 Å². The Morgan fingerprint density at radius 1 is 1.55 bits per heavy atom. The molecule has 0 aliphatic carbocycles. The average molecular weight is 264 g/mol. The maximum Gasteiger partial charge on any atom is 0.153 e. The van der Waals surface area contributed by atoms with Gasteiger partial charge in [-0.15, -0.1) is 0 Å². The third-order valence-corrected chi connectivity index (χ3v) is 2.57. The molecule has 1 nitrogen and oxygen atoms in total. The van der Waals surface area contributed by atoms with Crippen LogP contribution in [0.3, 0.4) is 0 Å². The Kier molecular flexibility index (Phi) is 2.59. The highest BCUT2D eigenvalue weighted by molar-refractivity contribution is 14.1. The molecule has 1 aromatic carbocycles. The fourth-order valence-electron chi connectivity index (χ4n) is 0.770. The summed E-state index contributed by atoms with van der Waals surface area (Å²) < 4.78 is 13.6. The van der Waals surface area contributed by atoms with Crippen molar-refractivity contribution in [2.24, 2.45) is 0 Å². The van der Waals surface area contributed by atoms with E-state index in [2.05, 4.69) is 0 Å². The molecular weight excluding hydrogens is 258 g/mol. The molecule has 0 bridgehead atoms. The summed E-state index contributed by atoms with van der Waals surface area (Å²) >= 11 is 2.03. The van der Waals surface area contributed by atoms with E-state index in [4.69, 9.17) is 0 Å². The molecule has 0 saturated carbocycles. The summed E-state index contributed by atoms with van der Waals surface area (Å²) in [6, 6.07) is 2.91. The number of hydrogen-bond donors (Lipinski definition) is 0. The van der Waals surface area contributed by atoms with Gasteiger partial charge in [0.2, 0.25) is 0 Å². The van der Waals surface area contributed by atoms with E-state index < -0.39 is 5.82 Å². The van der Waals surface area contributed by atoms with Crippen LogP contribution in [-0.4, -0.2) is 6.29 Å². The Labute approximate surface area is 77.8 Å². The van der Waals surface area contributed by atoms with Gasteiger partial charge in [0.25, 0.3) is 0 Å². The molecule has 0 N–H and O–H groups in total. The number of carbonyl (C=O) groups excluding carboxylic acids is 1. The van der Waals surface area contributed by atoms with E-state index in [9.17, 15) is 9.18 Å². The monoisotopic (exact) mass is 264 g/mol. The minimum absolute atomic E-state index is 0.128. The first kappa shape index (κ1) is 8.64. The molecule has 0 aliphatic rings. The molecule has 0 amide bonds. The predicted molar refractivity (Wildman–Crippen MR) is 49.2 cm³/mol. The number of aryl methyl sites for hydroxylation is 1. The Hall–Kier alpha value is -0.450. The van der Waals surface area contributed by atoms with E-state index in [1.807, 2.05) is 29.5 Å². The van der Waals surface area contributed by atoms with Crippen LogP contribution in [0.15, 0.2) is 12.1 Å². The Morgan fingerprint density at radius 3 is 2.73 bits per heavy atom. The summed E-state index contributed by atoms with van der Waals surface area (Å²) in [5, 5.41) is 0. The minimum atomic E-state index is -0.449. The molecule has 0 unspecified atom stereocenters. The van der Waals surface area contributed by atoms with Crippen LogP contribution in [0.25, 0.3) is 0 Å². The SMILES string of the molecule is Cc1cc(C=O)c(F)cc1I. The number of halogens is 2. The summed E-state index contributed by atoms with van der Waals surface area (Å²) in [7, 11) is 0. The Morgan fingerprint density at radius 2 is 2.18 bits per heavy atom. The number of aldehydes is 1. The van der Waals surface area contributed by atoms with Gasteiger partial charge >= 0.3 is 0 Å². The van der Waals surface area contributed by atoms with Crippen molar-refractivity contribution in [1.82, 2.24) is 0 Å². The summed E-state index contributed by atoms with van der Waals surface area (Å²) in [6.45, 7) is 1.84. The van der Waals surface area contributed by atoms with E-state index in [1.54, 1.807) is 6.07 Å². The van der Waals surface area contributed by atoms with Gasteiger partial charge in [-0.2, -0.15) is 0 Å². The van der Waals surface area contributed by atoms with E-state index in [0.29, 0.717) is 6.29 Å². The van der Waals surface area contributed by atoms with E-state index in [-0.39, 0.29) is 5.56 Å². The lowest BCUT2D eigenvalue weighted by atomic mass is 10.1. The first-order chi connectivity index (χ1) is 5.15. The molecule has 0 atom stereocenters. The quantitative estimate of drug-likeness (QED) is 0.562.